The van der Waals surface area contributed by atoms with Gasteiger partial charge in [0.2, 0.25) is 12.1 Å². The number of hydrogen-bond donors (Lipinski definition) is 2. The molecule has 3 N–H and O–H groups in total. The minimum absolute atomic E-state index is 0.123. The van der Waals surface area contributed by atoms with Crippen molar-refractivity contribution >= 4 is 50.8 Å². The number of anilines is 1. The van der Waals surface area contributed by atoms with E-state index in [4.69, 9.17) is 33.7 Å². The molecule has 9 heteroatoms. The average molecular weight is 406 g/mol. The zero-order valence-corrected chi connectivity index (χ0v) is 13.9. The lowest BCUT2D eigenvalue weighted by Gasteiger charge is -2.15. The fraction of sp³-hybridized carbons (Fsp3) is 0.0769. The molecule has 2 aromatic rings. The van der Waals surface area contributed by atoms with Crippen LogP contribution in [0.4, 0.5) is 10.2 Å². The summed E-state index contributed by atoms with van der Waals surface area (Å²) in [6, 6.07) is 4.29. The summed E-state index contributed by atoms with van der Waals surface area (Å²) in [5, 5.41) is 4.18. The molecule has 0 saturated carbocycles. The maximum atomic E-state index is 13.6. The Bertz CT molecular complexity index is 787. The number of halogens is 4. The van der Waals surface area contributed by atoms with Crippen molar-refractivity contribution in [3.63, 3.8) is 0 Å². The highest BCUT2D eigenvalue weighted by Gasteiger charge is 2.29. The monoisotopic (exact) mass is 404 g/mol. The van der Waals surface area contributed by atoms with Crippen molar-refractivity contribution < 1.29 is 9.13 Å². The second-order valence-electron chi connectivity index (χ2n) is 4.39. The third-order valence-electron chi connectivity index (χ3n) is 2.97. The average Bonchev–Trinajstić information content (AvgIpc) is 2.95. The fourth-order valence-corrected chi connectivity index (χ4v) is 2.83. The third kappa shape index (κ3) is 2.71. The second kappa shape index (κ2) is 5.91. The number of nitrogens with one attached hydrogen (secondary N) is 1. The van der Waals surface area contributed by atoms with Crippen LogP contribution in [0.1, 0.15) is 17.4 Å². The minimum Gasteiger partial charge on any atom is -0.446 e. The van der Waals surface area contributed by atoms with E-state index in [2.05, 4.69) is 31.4 Å². The van der Waals surface area contributed by atoms with Gasteiger partial charge in [0.15, 0.2) is 0 Å². The van der Waals surface area contributed by atoms with Gasteiger partial charge in [-0.1, -0.05) is 23.2 Å². The zero-order valence-electron chi connectivity index (χ0n) is 10.8. The van der Waals surface area contributed by atoms with Crippen molar-refractivity contribution in [2.75, 3.05) is 5.73 Å². The topological polar surface area (TPSA) is 72.5 Å². The van der Waals surface area contributed by atoms with E-state index in [1.54, 1.807) is 12.3 Å². The van der Waals surface area contributed by atoms with Gasteiger partial charge in [0.25, 0.3) is 0 Å². The first-order chi connectivity index (χ1) is 10.5. The van der Waals surface area contributed by atoms with Crippen LogP contribution in [0, 0.1) is 5.82 Å². The number of aromatic nitrogens is 1. The molecule has 2 heterocycles. The smallest absolute Gasteiger partial charge is 0.244 e. The van der Waals surface area contributed by atoms with Crippen LogP contribution in [-0.4, -0.2) is 10.9 Å². The molecule has 1 aromatic heterocycles. The fourth-order valence-electron chi connectivity index (χ4n) is 1.93. The van der Waals surface area contributed by atoms with Crippen molar-refractivity contribution in [2.24, 2.45) is 5.10 Å². The molecule has 1 aliphatic rings. The number of benzene rings is 1. The first kappa shape index (κ1) is 15.3. The Labute approximate surface area is 143 Å². The van der Waals surface area contributed by atoms with E-state index in [0.29, 0.717) is 10.0 Å². The Morgan fingerprint density at radius 1 is 1.36 bits per heavy atom. The van der Waals surface area contributed by atoms with Crippen LogP contribution in [-0.2, 0) is 4.74 Å². The first-order valence-corrected chi connectivity index (χ1v) is 7.57. The van der Waals surface area contributed by atoms with Gasteiger partial charge in [0.1, 0.15) is 11.6 Å². The van der Waals surface area contributed by atoms with Gasteiger partial charge in [0, 0.05) is 10.7 Å². The molecule has 1 aliphatic heterocycles. The quantitative estimate of drug-likeness (QED) is 0.744. The highest BCUT2D eigenvalue weighted by Crippen LogP contribution is 2.35. The molecule has 0 amide bonds. The summed E-state index contributed by atoms with van der Waals surface area (Å²) in [5.41, 5.74) is 9.27. The van der Waals surface area contributed by atoms with Crippen molar-refractivity contribution in [3.8, 4) is 0 Å². The number of hydrazone groups is 1. The lowest BCUT2D eigenvalue weighted by Crippen LogP contribution is -2.15. The Morgan fingerprint density at radius 3 is 2.91 bits per heavy atom. The molecule has 0 fully saturated rings. The molecule has 5 nitrogen and oxygen atoms in total. The van der Waals surface area contributed by atoms with Gasteiger partial charge in [-0.25, -0.2) is 9.37 Å². The molecule has 22 heavy (non-hydrogen) atoms. The van der Waals surface area contributed by atoms with Gasteiger partial charge < -0.3 is 10.5 Å². The summed E-state index contributed by atoms with van der Waals surface area (Å²) in [6.45, 7) is 0. The number of rotatable bonds is 2. The molecule has 1 unspecified atom stereocenters. The summed E-state index contributed by atoms with van der Waals surface area (Å²) < 4.78 is 20.0. The van der Waals surface area contributed by atoms with Gasteiger partial charge >= 0.3 is 0 Å². The number of nitrogen functional groups attached to an aromatic ring is 1. The SMILES string of the molecule is Nc1ncc(Br)cc1C1=NNC(c2c(Cl)ccc(F)c2Cl)O1. The van der Waals surface area contributed by atoms with Gasteiger partial charge in [-0.3, -0.25) is 5.43 Å². The van der Waals surface area contributed by atoms with Crippen molar-refractivity contribution in [3.05, 3.63) is 55.9 Å². The van der Waals surface area contributed by atoms with Gasteiger partial charge in [-0.05, 0) is 34.1 Å². The second-order valence-corrected chi connectivity index (χ2v) is 6.09. The van der Waals surface area contributed by atoms with Gasteiger partial charge in [-0.15, -0.1) is 5.10 Å². The van der Waals surface area contributed by atoms with Crippen LogP contribution >= 0.6 is 39.1 Å². The van der Waals surface area contributed by atoms with E-state index in [1.165, 1.54) is 12.1 Å². The largest absolute Gasteiger partial charge is 0.446 e. The van der Waals surface area contributed by atoms with Crippen molar-refractivity contribution in [1.29, 1.82) is 0 Å². The lowest BCUT2D eigenvalue weighted by molar-refractivity contribution is 0.191. The summed E-state index contributed by atoms with van der Waals surface area (Å²) in [4.78, 5) is 4.00. The minimum atomic E-state index is -0.816. The molecule has 0 radical (unpaired) electrons. The van der Waals surface area contributed by atoms with Crippen LogP contribution in [0.5, 0.6) is 0 Å². The van der Waals surface area contributed by atoms with Gasteiger partial charge in [-0.2, -0.15) is 0 Å². The molecular formula is C13H8BrCl2FN4O. The van der Waals surface area contributed by atoms with Crippen LogP contribution in [0.15, 0.2) is 34.0 Å². The molecule has 0 spiro atoms. The Morgan fingerprint density at radius 2 is 2.14 bits per heavy atom. The molecule has 1 aromatic carbocycles. The van der Waals surface area contributed by atoms with E-state index in [9.17, 15) is 4.39 Å². The van der Waals surface area contributed by atoms with E-state index in [-0.39, 0.29) is 27.3 Å². The van der Waals surface area contributed by atoms with E-state index in [0.717, 1.165) is 0 Å². The van der Waals surface area contributed by atoms with E-state index < -0.39 is 12.0 Å². The highest BCUT2D eigenvalue weighted by atomic mass is 79.9. The summed E-state index contributed by atoms with van der Waals surface area (Å²) >= 11 is 15.3. The molecule has 114 valence electrons. The van der Waals surface area contributed by atoms with Crippen molar-refractivity contribution in [1.82, 2.24) is 10.4 Å². The van der Waals surface area contributed by atoms with Crippen molar-refractivity contribution in [2.45, 2.75) is 6.23 Å². The van der Waals surface area contributed by atoms with Crippen LogP contribution < -0.4 is 11.2 Å². The molecule has 0 bridgehead atoms. The third-order valence-corrected chi connectivity index (χ3v) is 4.12. The number of ether oxygens (including phenoxy) is 1. The first-order valence-electron chi connectivity index (χ1n) is 6.02. The molecule has 0 saturated heterocycles. The Balaban J connectivity index is 1.92. The maximum Gasteiger partial charge on any atom is 0.244 e. The summed E-state index contributed by atoms with van der Waals surface area (Å²) in [6.07, 6.45) is 0.739. The molecular weight excluding hydrogens is 398 g/mol. The standard InChI is InChI=1S/C13H8BrCl2FN4O/c14-5-3-6(11(18)19-4-5)12-20-21-13(22-12)9-7(15)1-2-8(17)10(9)16/h1-4,13,21H,(H2,18,19). The number of hydrogen-bond acceptors (Lipinski definition) is 5. The van der Waals surface area contributed by atoms with Crippen LogP contribution in [0.2, 0.25) is 10.0 Å². The molecule has 1 atom stereocenters. The normalized spacial score (nSPS) is 16.9. The Kier molecular flexibility index (Phi) is 4.12. The summed E-state index contributed by atoms with van der Waals surface area (Å²) in [5.74, 6) is -0.128. The van der Waals surface area contributed by atoms with Crippen LogP contribution in [0.25, 0.3) is 0 Å². The molecule has 3 rings (SSSR count). The Hall–Kier alpha value is -1.57. The zero-order chi connectivity index (χ0) is 15.9. The van der Waals surface area contributed by atoms with E-state index in [1.807, 2.05) is 0 Å². The predicted molar refractivity (Wildman–Crippen MR) is 86.3 cm³/mol. The maximum absolute atomic E-state index is 13.6. The number of pyridine rings is 1. The number of nitrogens with zero attached hydrogens (tertiary/aromatic N) is 2. The number of nitrogens with two attached hydrogens (primary N) is 1. The van der Waals surface area contributed by atoms with E-state index >= 15 is 0 Å². The highest BCUT2D eigenvalue weighted by molar-refractivity contribution is 9.10. The molecule has 0 aliphatic carbocycles. The summed E-state index contributed by atoms with van der Waals surface area (Å²) in [7, 11) is 0. The van der Waals surface area contributed by atoms with Gasteiger partial charge in [0.05, 0.1) is 21.2 Å². The van der Waals surface area contributed by atoms with Crippen LogP contribution in [0.3, 0.4) is 0 Å². The lowest BCUT2D eigenvalue weighted by atomic mass is 10.2. The predicted octanol–water partition coefficient (Wildman–Crippen LogP) is 3.85.